The predicted molar refractivity (Wildman–Crippen MR) is 157 cm³/mol. The van der Waals surface area contributed by atoms with Crippen molar-refractivity contribution in [1.29, 1.82) is 0 Å². The highest BCUT2D eigenvalue weighted by molar-refractivity contribution is 5.81. The number of aliphatic carboxylic acids is 1. The Labute approximate surface area is 251 Å². The van der Waals surface area contributed by atoms with Crippen molar-refractivity contribution < 1.29 is 57.5 Å². The molecule has 42 heavy (non-hydrogen) atoms. The van der Waals surface area contributed by atoms with E-state index in [1.807, 2.05) is 0 Å². The smallest absolute Gasteiger partial charge is 0.330 e. The van der Waals surface area contributed by atoms with Crippen LogP contribution in [0, 0.1) is 5.41 Å². The average molecular weight is 607 g/mol. The van der Waals surface area contributed by atoms with Gasteiger partial charge in [0.05, 0.1) is 57.9 Å². The second kappa shape index (κ2) is 31.3. The van der Waals surface area contributed by atoms with Gasteiger partial charge in [-0.1, -0.05) is 6.58 Å². The molecule has 0 atom stereocenters. The number of Topliss-reactive ketones (excluding diaryl/α,β-unsaturated/α-hetero) is 2. The molecule has 0 unspecified atom stereocenters. The van der Waals surface area contributed by atoms with Crippen LogP contribution < -0.4 is 0 Å². The number of carbonyl (C=O) groups is 5. The highest BCUT2D eigenvalue weighted by Crippen LogP contribution is 2.19. The summed E-state index contributed by atoms with van der Waals surface area (Å²) in [5.74, 6) is -1.49. The molecule has 0 aliphatic heterocycles. The van der Waals surface area contributed by atoms with E-state index >= 15 is 0 Å². The van der Waals surface area contributed by atoms with Crippen LogP contribution in [0.15, 0.2) is 12.7 Å². The zero-order valence-electron chi connectivity index (χ0n) is 26.5. The van der Waals surface area contributed by atoms with Crippen LogP contribution in [0.1, 0.15) is 78.1 Å². The Kier molecular flexibility index (Phi) is 32.6. The highest BCUT2D eigenvalue weighted by Gasteiger charge is 2.30. The number of hydrogen-bond donors (Lipinski definition) is 1. The Hall–Kier alpha value is -2.67. The minimum Gasteiger partial charge on any atom is -0.481 e. The molecule has 0 saturated heterocycles. The van der Waals surface area contributed by atoms with Crippen LogP contribution in [0.2, 0.25) is 0 Å². The molecule has 0 amide bonds. The van der Waals surface area contributed by atoms with Gasteiger partial charge >= 0.3 is 17.9 Å². The van der Waals surface area contributed by atoms with Gasteiger partial charge in [0.2, 0.25) is 0 Å². The lowest BCUT2D eigenvalue weighted by atomic mass is 9.92. The van der Waals surface area contributed by atoms with Gasteiger partial charge < -0.3 is 43.1 Å². The number of carboxylic acid groups (broad SMARTS) is 1. The normalized spacial score (nSPS) is 10.3. The SMILES string of the molecule is C=CC(=O)OCCCCCC(C)=O.CC(=O)CCCCCOC(=O)CCC(=O)O.COCC(COC)(COC)COC. The van der Waals surface area contributed by atoms with E-state index < -0.39 is 11.9 Å². The standard InChI is InChI=1S/C11H18O5.C10H16O3.C9H20O4/c1-9(12)5-3-2-4-8-16-11(15)7-6-10(13)14;1-3-10(12)13-8-6-4-5-7-9(2)11;1-10-5-9(6-11-2,7-12-3)8-13-4/h2-8H2,1H3,(H,13,14);3H,1,4-8H2,2H3;5-8H2,1-4H3. The van der Waals surface area contributed by atoms with Crippen molar-refractivity contribution in [3.63, 3.8) is 0 Å². The number of ketones is 2. The number of hydrogen-bond acceptors (Lipinski definition) is 11. The lowest BCUT2D eigenvalue weighted by Gasteiger charge is -2.30. The first kappa shape index (κ1) is 43.8. The van der Waals surface area contributed by atoms with E-state index in [2.05, 4.69) is 6.58 Å². The summed E-state index contributed by atoms with van der Waals surface area (Å²) in [5.41, 5.74) is -0.188. The minimum absolute atomic E-state index is 0.0806. The molecule has 0 bridgehead atoms. The summed E-state index contributed by atoms with van der Waals surface area (Å²) < 4.78 is 30.1. The van der Waals surface area contributed by atoms with Crippen LogP contribution in [0.3, 0.4) is 0 Å². The van der Waals surface area contributed by atoms with Crippen LogP contribution in [-0.4, -0.2) is 103 Å². The first-order chi connectivity index (χ1) is 19.9. The highest BCUT2D eigenvalue weighted by atomic mass is 16.5. The number of methoxy groups -OCH3 is 4. The second-order valence-corrected chi connectivity index (χ2v) is 9.74. The lowest BCUT2D eigenvalue weighted by Crippen LogP contribution is -2.40. The van der Waals surface area contributed by atoms with Gasteiger partial charge in [0, 0.05) is 47.4 Å². The van der Waals surface area contributed by atoms with Crippen LogP contribution in [0.5, 0.6) is 0 Å². The molecule has 0 fully saturated rings. The fourth-order valence-electron chi connectivity index (χ4n) is 3.48. The third kappa shape index (κ3) is 33.5. The monoisotopic (exact) mass is 606 g/mol. The molecule has 0 aromatic rings. The summed E-state index contributed by atoms with van der Waals surface area (Å²) in [7, 11) is 6.65. The summed E-state index contributed by atoms with van der Waals surface area (Å²) in [5, 5.41) is 8.32. The number of rotatable bonds is 24. The van der Waals surface area contributed by atoms with Gasteiger partial charge in [-0.05, 0) is 52.4 Å². The Morgan fingerprint density at radius 1 is 0.619 bits per heavy atom. The van der Waals surface area contributed by atoms with Crippen LogP contribution >= 0.6 is 0 Å². The minimum atomic E-state index is -1.00. The van der Waals surface area contributed by atoms with Crippen LogP contribution in [0.25, 0.3) is 0 Å². The van der Waals surface area contributed by atoms with E-state index in [1.54, 1.807) is 42.3 Å². The fourth-order valence-corrected chi connectivity index (χ4v) is 3.48. The zero-order valence-corrected chi connectivity index (χ0v) is 26.5. The van der Waals surface area contributed by atoms with Gasteiger partial charge in [0.15, 0.2) is 0 Å². The van der Waals surface area contributed by atoms with Crippen LogP contribution in [-0.2, 0) is 52.4 Å². The summed E-state index contributed by atoms with van der Waals surface area (Å²) in [6.45, 7) is 9.42. The van der Waals surface area contributed by atoms with E-state index in [4.69, 9.17) is 33.5 Å². The van der Waals surface area contributed by atoms with Crippen LogP contribution in [0.4, 0.5) is 0 Å². The van der Waals surface area contributed by atoms with E-state index in [-0.39, 0.29) is 35.8 Å². The number of carbonyl (C=O) groups excluding carboxylic acids is 4. The second-order valence-electron chi connectivity index (χ2n) is 9.74. The van der Waals surface area contributed by atoms with Crippen molar-refractivity contribution in [1.82, 2.24) is 0 Å². The van der Waals surface area contributed by atoms with Crippen molar-refractivity contribution >= 4 is 29.5 Å². The van der Waals surface area contributed by atoms with Crippen molar-refractivity contribution in [3.05, 3.63) is 12.7 Å². The Morgan fingerprint density at radius 2 is 1.02 bits per heavy atom. The maximum atomic E-state index is 10.9. The summed E-state index contributed by atoms with van der Waals surface area (Å²) in [6.07, 6.45) is 7.03. The lowest BCUT2D eigenvalue weighted by molar-refractivity contribution is -0.147. The van der Waals surface area contributed by atoms with Gasteiger partial charge in [0.25, 0.3) is 0 Å². The number of ether oxygens (including phenoxy) is 6. The zero-order chi connectivity index (χ0) is 32.7. The molecule has 0 aromatic heterocycles. The van der Waals surface area contributed by atoms with Gasteiger partial charge in [0.1, 0.15) is 11.6 Å². The van der Waals surface area contributed by atoms with E-state index in [0.717, 1.165) is 38.2 Å². The third-order valence-corrected chi connectivity index (χ3v) is 5.37. The maximum Gasteiger partial charge on any atom is 0.330 e. The molecule has 12 nitrogen and oxygen atoms in total. The molecule has 0 radical (unpaired) electrons. The van der Waals surface area contributed by atoms with Gasteiger partial charge in [-0.2, -0.15) is 0 Å². The molecule has 0 rings (SSSR count). The van der Waals surface area contributed by atoms with E-state index in [1.165, 1.54) is 0 Å². The van der Waals surface area contributed by atoms with Crippen molar-refractivity contribution in [2.45, 2.75) is 78.1 Å². The first-order valence-electron chi connectivity index (χ1n) is 14.0. The molecule has 0 heterocycles. The molecule has 246 valence electrons. The Balaban J connectivity index is -0.000000548. The molecular formula is C30H54O12. The maximum absolute atomic E-state index is 10.9. The molecule has 0 aromatic carbocycles. The van der Waals surface area contributed by atoms with Gasteiger partial charge in [-0.3, -0.25) is 9.59 Å². The molecule has 0 aliphatic rings. The quantitative estimate of drug-likeness (QED) is 0.0958. The largest absolute Gasteiger partial charge is 0.481 e. The molecule has 12 heteroatoms. The summed E-state index contributed by atoms with van der Waals surface area (Å²) in [6, 6.07) is 0. The first-order valence-corrected chi connectivity index (χ1v) is 14.0. The average Bonchev–Trinajstić information content (AvgIpc) is 2.92. The summed E-state index contributed by atoms with van der Waals surface area (Å²) in [4.78, 5) is 52.8. The van der Waals surface area contributed by atoms with E-state index in [9.17, 15) is 24.0 Å². The molecule has 1 N–H and O–H groups in total. The number of unbranched alkanes of at least 4 members (excludes halogenated alkanes) is 4. The molecule has 0 aliphatic carbocycles. The number of esters is 2. The van der Waals surface area contributed by atoms with Crippen molar-refractivity contribution in [3.8, 4) is 0 Å². The summed E-state index contributed by atoms with van der Waals surface area (Å²) >= 11 is 0. The van der Waals surface area contributed by atoms with Gasteiger partial charge in [-0.15, -0.1) is 0 Å². The predicted octanol–water partition coefficient (Wildman–Crippen LogP) is 3.97. The van der Waals surface area contributed by atoms with Crippen molar-refractivity contribution in [2.75, 3.05) is 68.1 Å². The topological polar surface area (TPSA) is 161 Å². The molecule has 0 saturated carbocycles. The molecule has 0 spiro atoms. The van der Waals surface area contributed by atoms with Gasteiger partial charge in [-0.25, -0.2) is 4.79 Å². The van der Waals surface area contributed by atoms with Crippen molar-refractivity contribution in [2.24, 2.45) is 5.41 Å². The third-order valence-electron chi connectivity index (χ3n) is 5.37. The molecular weight excluding hydrogens is 552 g/mol. The number of carboxylic acids is 1. The Morgan fingerprint density at radius 3 is 1.36 bits per heavy atom. The fraction of sp³-hybridized carbons (Fsp3) is 0.767. The Bertz CT molecular complexity index is 706. The van der Waals surface area contributed by atoms with E-state index in [0.29, 0.717) is 58.9 Å².